The van der Waals surface area contributed by atoms with Gasteiger partial charge in [-0.05, 0) is 24.0 Å². The standard InChI is InChI=1S/C16H24O4/c1-5-6-9-20-16(17)10-12(2)14-8-7-13(18-3)11-15(14)19-4/h7-8,11-12H,5-6,9-10H2,1-4H3. The van der Waals surface area contributed by atoms with Gasteiger partial charge in [-0.15, -0.1) is 0 Å². The van der Waals surface area contributed by atoms with Gasteiger partial charge in [0, 0.05) is 6.07 Å². The fourth-order valence-corrected chi connectivity index (χ4v) is 1.97. The number of esters is 1. The number of methoxy groups -OCH3 is 2. The van der Waals surface area contributed by atoms with Crippen molar-refractivity contribution in [3.63, 3.8) is 0 Å². The summed E-state index contributed by atoms with van der Waals surface area (Å²) >= 11 is 0. The van der Waals surface area contributed by atoms with Crippen LogP contribution in [0.4, 0.5) is 0 Å². The highest BCUT2D eigenvalue weighted by atomic mass is 16.5. The summed E-state index contributed by atoms with van der Waals surface area (Å²) in [5.41, 5.74) is 0.987. The highest BCUT2D eigenvalue weighted by Gasteiger charge is 2.16. The average Bonchev–Trinajstić information content (AvgIpc) is 2.46. The molecule has 0 aliphatic rings. The van der Waals surface area contributed by atoms with E-state index in [2.05, 4.69) is 6.92 Å². The lowest BCUT2D eigenvalue weighted by atomic mass is 9.96. The SMILES string of the molecule is CCCCOC(=O)CC(C)c1ccc(OC)cc1OC. The maximum atomic E-state index is 11.7. The predicted octanol–water partition coefficient (Wildman–Crippen LogP) is 3.54. The van der Waals surface area contributed by atoms with E-state index >= 15 is 0 Å². The van der Waals surface area contributed by atoms with Crippen LogP contribution in [0.2, 0.25) is 0 Å². The highest BCUT2D eigenvalue weighted by molar-refractivity contribution is 5.70. The van der Waals surface area contributed by atoms with Crippen molar-refractivity contribution in [2.75, 3.05) is 20.8 Å². The number of benzene rings is 1. The summed E-state index contributed by atoms with van der Waals surface area (Å²) in [4.78, 5) is 11.7. The van der Waals surface area contributed by atoms with Crippen LogP contribution in [0.25, 0.3) is 0 Å². The van der Waals surface area contributed by atoms with Gasteiger partial charge in [-0.25, -0.2) is 0 Å². The normalized spacial score (nSPS) is 11.8. The fraction of sp³-hybridized carbons (Fsp3) is 0.562. The Hall–Kier alpha value is -1.71. The van der Waals surface area contributed by atoms with Gasteiger partial charge >= 0.3 is 5.97 Å². The van der Waals surface area contributed by atoms with E-state index in [4.69, 9.17) is 14.2 Å². The van der Waals surface area contributed by atoms with E-state index in [-0.39, 0.29) is 11.9 Å². The van der Waals surface area contributed by atoms with Crippen LogP contribution in [0.15, 0.2) is 18.2 Å². The first kappa shape index (κ1) is 16.3. The molecule has 112 valence electrons. The van der Waals surface area contributed by atoms with Crippen molar-refractivity contribution in [3.8, 4) is 11.5 Å². The van der Waals surface area contributed by atoms with Gasteiger partial charge in [-0.1, -0.05) is 26.3 Å². The molecule has 0 saturated heterocycles. The van der Waals surface area contributed by atoms with E-state index in [0.29, 0.717) is 13.0 Å². The molecule has 0 heterocycles. The molecule has 0 aliphatic carbocycles. The Labute approximate surface area is 121 Å². The van der Waals surface area contributed by atoms with E-state index in [1.54, 1.807) is 14.2 Å². The summed E-state index contributed by atoms with van der Waals surface area (Å²) in [6, 6.07) is 5.63. The van der Waals surface area contributed by atoms with Gasteiger partial charge in [0.25, 0.3) is 0 Å². The molecule has 0 saturated carbocycles. The van der Waals surface area contributed by atoms with Crippen molar-refractivity contribution < 1.29 is 19.0 Å². The molecule has 4 heteroatoms. The lowest BCUT2D eigenvalue weighted by Crippen LogP contribution is -2.10. The van der Waals surface area contributed by atoms with Crippen molar-refractivity contribution >= 4 is 5.97 Å². The fourth-order valence-electron chi connectivity index (χ4n) is 1.97. The third-order valence-electron chi connectivity index (χ3n) is 3.21. The van der Waals surface area contributed by atoms with Crippen molar-refractivity contribution in [2.24, 2.45) is 0 Å². The zero-order valence-corrected chi connectivity index (χ0v) is 12.8. The molecule has 4 nitrogen and oxygen atoms in total. The van der Waals surface area contributed by atoms with Gasteiger partial charge in [0.05, 0.1) is 27.2 Å². The second kappa shape index (κ2) is 8.46. The summed E-state index contributed by atoms with van der Waals surface area (Å²) in [5, 5.41) is 0. The van der Waals surface area contributed by atoms with Crippen LogP contribution >= 0.6 is 0 Å². The highest BCUT2D eigenvalue weighted by Crippen LogP contribution is 2.32. The molecular weight excluding hydrogens is 256 g/mol. The largest absolute Gasteiger partial charge is 0.497 e. The van der Waals surface area contributed by atoms with Crippen molar-refractivity contribution in [1.29, 1.82) is 0 Å². The van der Waals surface area contributed by atoms with Crippen LogP contribution in [0.1, 0.15) is 44.6 Å². The summed E-state index contributed by atoms with van der Waals surface area (Å²) < 4.78 is 15.7. The van der Waals surface area contributed by atoms with Crippen molar-refractivity contribution in [1.82, 2.24) is 0 Å². The lowest BCUT2D eigenvalue weighted by Gasteiger charge is -2.16. The van der Waals surface area contributed by atoms with Crippen molar-refractivity contribution in [3.05, 3.63) is 23.8 Å². The Kier molecular flexibility index (Phi) is 6.91. The van der Waals surface area contributed by atoms with Crippen LogP contribution in [-0.2, 0) is 9.53 Å². The third kappa shape index (κ3) is 4.76. The molecule has 0 spiro atoms. The first-order valence-electron chi connectivity index (χ1n) is 6.99. The Morgan fingerprint density at radius 3 is 2.60 bits per heavy atom. The summed E-state index contributed by atoms with van der Waals surface area (Å²) in [6.45, 7) is 4.56. The van der Waals surface area contributed by atoms with Gasteiger partial charge in [-0.2, -0.15) is 0 Å². The Balaban J connectivity index is 2.66. The molecule has 20 heavy (non-hydrogen) atoms. The summed E-state index contributed by atoms with van der Waals surface area (Å²) in [7, 11) is 3.23. The number of rotatable bonds is 8. The van der Waals surface area contributed by atoms with Crippen molar-refractivity contribution in [2.45, 2.75) is 39.0 Å². The number of hydrogen-bond donors (Lipinski definition) is 0. The van der Waals surface area contributed by atoms with E-state index in [0.717, 1.165) is 29.9 Å². The molecule has 1 rings (SSSR count). The quantitative estimate of drug-likeness (QED) is 0.539. The Morgan fingerprint density at radius 2 is 2.00 bits per heavy atom. The van der Waals surface area contributed by atoms with Crippen LogP contribution < -0.4 is 9.47 Å². The number of ether oxygens (including phenoxy) is 3. The van der Waals surface area contributed by atoms with Gasteiger partial charge in [0.2, 0.25) is 0 Å². The Bertz CT molecular complexity index is 428. The molecule has 0 fully saturated rings. The maximum absolute atomic E-state index is 11.7. The number of hydrogen-bond acceptors (Lipinski definition) is 4. The third-order valence-corrected chi connectivity index (χ3v) is 3.21. The van der Waals surface area contributed by atoms with Crippen LogP contribution in [-0.4, -0.2) is 26.8 Å². The Morgan fingerprint density at radius 1 is 1.25 bits per heavy atom. The number of carbonyl (C=O) groups excluding carboxylic acids is 1. The van der Waals surface area contributed by atoms with Gasteiger partial charge in [-0.3, -0.25) is 4.79 Å². The van der Waals surface area contributed by atoms with Crippen LogP contribution in [0.3, 0.4) is 0 Å². The number of unbranched alkanes of at least 4 members (excludes halogenated alkanes) is 1. The van der Waals surface area contributed by atoms with Gasteiger partial charge in [0.15, 0.2) is 0 Å². The van der Waals surface area contributed by atoms with Gasteiger partial charge < -0.3 is 14.2 Å². The molecule has 0 radical (unpaired) electrons. The maximum Gasteiger partial charge on any atom is 0.306 e. The van der Waals surface area contributed by atoms with Crippen LogP contribution in [0, 0.1) is 0 Å². The second-order valence-electron chi connectivity index (χ2n) is 4.79. The molecule has 1 unspecified atom stereocenters. The lowest BCUT2D eigenvalue weighted by molar-refractivity contribution is -0.144. The minimum atomic E-state index is -0.163. The second-order valence-corrected chi connectivity index (χ2v) is 4.79. The molecule has 1 atom stereocenters. The zero-order valence-electron chi connectivity index (χ0n) is 12.8. The average molecular weight is 280 g/mol. The van der Waals surface area contributed by atoms with E-state index in [9.17, 15) is 4.79 Å². The van der Waals surface area contributed by atoms with E-state index < -0.39 is 0 Å². The molecule has 1 aromatic carbocycles. The topological polar surface area (TPSA) is 44.8 Å². The minimum Gasteiger partial charge on any atom is -0.497 e. The molecule has 0 amide bonds. The number of carbonyl (C=O) groups is 1. The first-order chi connectivity index (χ1) is 9.62. The molecule has 0 aromatic heterocycles. The van der Waals surface area contributed by atoms with E-state index in [1.807, 2.05) is 25.1 Å². The molecule has 0 N–H and O–H groups in total. The zero-order chi connectivity index (χ0) is 15.0. The van der Waals surface area contributed by atoms with Gasteiger partial charge in [0.1, 0.15) is 11.5 Å². The first-order valence-corrected chi connectivity index (χ1v) is 6.99. The smallest absolute Gasteiger partial charge is 0.306 e. The minimum absolute atomic E-state index is 0.0463. The molecule has 0 aliphatic heterocycles. The monoisotopic (exact) mass is 280 g/mol. The van der Waals surface area contributed by atoms with Crippen LogP contribution in [0.5, 0.6) is 11.5 Å². The molecule has 1 aromatic rings. The summed E-state index contributed by atoms with van der Waals surface area (Å²) in [5.74, 6) is 1.36. The predicted molar refractivity (Wildman–Crippen MR) is 78.4 cm³/mol. The molecular formula is C16H24O4. The summed E-state index contributed by atoms with van der Waals surface area (Å²) in [6.07, 6.45) is 2.29. The molecule has 0 bridgehead atoms. The van der Waals surface area contributed by atoms with E-state index in [1.165, 1.54) is 0 Å².